The van der Waals surface area contributed by atoms with Crippen LogP contribution in [0.1, 0.15) is 94.9 Å². The number of carbonyl (C=O) groups excluding carboxylic acids is 3. The fourth-order valence-electron chi connectivity index (χ4n) is 10.1. The van der Waals surface area contributed by atoms with Crippen molar-refractivity contribution in [2.45, 2.75) is 191 Å². The van der Waals surface area contributed by atoms with Crippen LogP contribution in [0.4, 0.5) is 14.0 Å². The van der Waals surface area contributed by atoms with Crippen LogP contribution in [0.25, 0.3) is 0 Å². The Kier molecular flexibility index (Phi) is 11.1. The molecule has 0 saturated carbocycles. The Balaban J connectivity index is 1.49. The van der Waals surface area contributed by atoms with Gasteiger partial charge >= 0.3 is 18.2 Å². The van der Waals surface area contributed by atoms with Crippen LogP contribution in [-0.4, -0.2) is 143 Å². The van der Waals surface area contributed by atoms with Crippen LogP contribution < -0.4 is 0 Å². The number of hydrogen-bond acceptors (Lipinski definition) is 15. The zero-order valence-corrected chi connectivity index (χ0v) is 33.9. The molecule has 6 fully saturated rings. The van der Waals surface area contributed by atoms with Crippen LogP contribution >= 0.6 is 0 Å². The van der Waals surface area contributed by atoms with Gasteiger partial charge < -0.3 is 62.5 Å². The predicted molar refractivity (Wildman–Crippen MR) is 187 cm³/mol. The second kappa shape index (κ2) is 14.5. The summed E-state index contributed by atoms with van der Waals surface area (Å²) >= 11 is 0. The molecule has 0 aromatic carbocycles. The molecular formula is C38H60FNO15. The fourth-order valence-corrected chi connectivity index (χ4v) is 10.1. The molecule has 0 aliphatic carbocycles. The van der Waals surface area contributed by atoms with E-state index in [0.29, 0.717) is 6.42 Å². The zero-order valence-electron chi connectivity index (χ0n) is 33.9. The summed E-state index contributed by atoms with van der Waals surface area (Å²) in [5.74, 6) is -6.56. The van der Waals surface area contributed by atoms with E-state index in [1.54, 1.807) is 48.6 Å². The van der Waals surface area contributed by atoms with Gasteiger partial charge in [-0.2, -0.15) is 0 Å². The minimum absolute atomic E-state index is 0.0685. The first-order chi connectivity index (χ1) is 25.4. The lowest BCUT2D eigenvalue weighted by atomic mass is 9.73. The third kappa shape index (κ3) is 6.91. The second-order valence-corrected chi connectivity index (χ2v) is 17.5. The van der Waals surface area contributed by atoms with Gasteiger partial charge in [-0.05, 0) is 61.3 Å². The number of likely N-dealkylation sites (N-methyl/N-ethyl adjacent to an activating group) is 1. The topological polar surface area (TPSA) is 187 Å². The van der Waals surface area contributed by atoms with Gasteiger partial charge in [0.2, 0.25) is 5.79 Å². The zero-order chi connectivity index (χ0) is 40.8. The third-order valence-corrected chi connectivity index (χ3v) is 13.4. The first kappa shape index (κ1) is 42.2. The van der Waals surface area contributed by atoms with Gasteiger partial charge in [0.15, 0.2) is 36.1 Å². The van der Waals surface area contributed by atoms with Crippen molar-refractivity contribution in [2.24, 2.45) is 17.8 Å². The number of cyclic esters (lactones) is 1. The summed E-state index contributed by atoms with van der Waals surface area (Å²) in [6, 6.07) is -0.399. The maximum Gasteiger partial charge on any atom is 0.509 e. The first-order valence-corrected chi connectivity index (χ1v) is 19.4. The largest absolute Gasteiger partial charge is 0.509 e. The number of alkyl halides is 1. The van der Waals surface area contributed by atoms with Gasteiger partial charge in [0.25, 0.3) is 0 Å². The number of esters is 1. The van der Waals surface area contributed by atoms with E-state index in [4.69, 9.17) is 47.4 Å². The minimum atomic E-state index is -2.61. The van der Waals surface area contributed by atoms with Crippen molar-refractivity contribution in [3.05, 3.63) is 0 Å². The molecule has 1 amide bonds. The maximum atomic E-state index is 17.4. The SMILES string of the molecule is CC[C@H]1OC(=O)[C@H](C)[C@@H](O[C@H]2C[C@@](C)(OC)[C@@H](O)[C@H](C)O2)[C@H](C)[C@@H](O[C@@H]2O[C@H](C)C[C@H]3[C@H]2OC(=O)N3C)[C@@]2(C)C[C@](C)(F)C(O)(O2)[C@H](C)[C@H]2OC(=O)O[C@@]21C. The van der Waals surface area contributed by atoms with Gasteiger partial charge in [0.05, 0.1) is 53.5 Å². The van der Waals surface area contributed by atoms with Crippen LogP contribution in [0.5, 0.6) is 0 Å². The molecule has 6 rings (SSSR count). The molecule has 19 atom stereocenters. The van der Waals surface area contributed by atoms with Crippen LogP contribution in [0, 0.1) is 17.8 Å². The van der Waals surface area contributed by atoms with Crippen molar-refractivity contribution in [3.63, 3.8) is 0 Å². The summed E-state index contributed by atoms with van der Waals surface area (Å²) in [6.45, 7) is 16.1. The average molecular weight is 790 g/mol. The number of rotatable bonds is 6. The highest BCUT2D eigenvalue weighted by molar-refractivity contribution is 5.73. The molecule has 314 valence electrons. The molecule has 0 aromatic rings. The molecule has 1 unspecified atom stereocenters. The van der Waals surface area contributed by atoms with Crippen LogP contribution in [0.15, 0.2) is 0 Å². The molecule has 0 spiro atoms. The van der Waals surface area contributed by atoms with Crippen LogP contribution in [0.2, 0.25) is 0 Å². The lowest BCUT2D eigenvalue weighted by Gasteiger charge is -2.48. The molecule has 6 saturated heterocycles. The Morgan fingerprint density at radius 3 is 2.29 bits per heavy atom. The standard InChI is InChI=1S/C38H60FNO15/c1-13-23-37(10)29(53-33(44)54-37)20(5)38(45)36(9,39)16-35(8,55-38)28(52-31-26-22(14-17(2)47-31)40(11)32(43)51-26)18(3)25(19(4)30(42)49-23)50-24-15-34(7,46-12)27(41)21(6)48-24/h17-29,31,41,45H,13-16H2,1-12H3/t17-,18+,19-,20-,21+,22+,23-,24+,25+,26-,27+,28-,29-,31+,34-,35-,36+,37-,38?/m1/s1. The van der Waals surface area contributed by atoms with Crippen molar-refractivity contribution in [3.8, 4) is 0 Å². The van der Waals surface area contributed by atoms with Gasteiger partial charge in [-0.1, -0.05) is 20.8 Å². The second-order valence-electron chi connectivity index (χ2n) is 17.5. The molecule has 16 nitrogen and oxygen atoms in total. The summed E-state index contributed by atoms with van der Waals surface area (Å²) in [6.07, 6.45) is -11.3. The Morgan fingerprint density at radius 2 is 1.65 bits per heavy atom. The van der Waals surface area contributed by atoms with E-state index in [1.807, 2.05) is 6.92 Å². The number of methoxy groups -OCH3 is 1. The number of carbonyl (C=O) groups is 3. The van der Waals surface area contributed by atoms with Gasteiger partial charge in [-0.25, -0.2) is 14.0 Å². The Labute approximate surface area is 321 Å². The lowest BCUT2D eigenvalue weighted by molar-refractivity contribution is -0.339. The van der Waals surface area contributed by atoms with Gasteiger partial charge in [0.1, 0.15) is 12.2 Å². The Hall–Kier alpha value is -2.38. The van der Waals surface area contributed by atoms with Crippen molar-refractivity contribution in [1.29, 1.82) is 0 Å². The Bertz CT molecular complexity index is 1490. The number of amides is 1. The third-order valence-electron chi connectivity index (χ3n) is 13.4. The van der Waals surface area contributed by atoms with E-state index in [0.717, 1.165) is 0 Å². The summed E-state index contributed by atoms with van der Waals surface area (Å²) in [7, 11) is 3.10. The number of ether oxygens (including phenoxy) is 10. The van der Waals surface area contributed by atoms with Crippen molar-refractivity contribution >= 4 is 18.2 Å². The van der Waals surface area contributed by atoms with E-state index in [1.165, 1.54) is 32.8 Å². The van der Waals surface area contributed by atoms with Gasteiger partial charge in [0, 0.05) is 32.9 Å². The number of nitrogens with zero attached hydrogens (tertiary/aromatic N) is 1. The predicted octanol–water partition coefficient (Wildman–Crippen LogP) is 3.75. The summed E-state index contributed by atoms with van der Waals surface area (Å²) in [5, 5.41) is 23.4. The molecule has 55 heavy (non-hydrogen) atoms. The average Bonchev–Trinajstić information content (AvgIpc) is 3.65. The fraction of sp³-hybridized carbons (Fsp3) is 0.921. The van der Waals surface area contributed by atoms with Gasteiger partial charge in [-0.3, -0.25) is 4.79 Å². The molecule has 6 aliphatic rings. The molecule has 0 aromatic heterocycles. The highest BCUT2D eigenvalue weighted by Crippen LogP contribution is 2.56. The van der Waals surface area contributed by atoms with E-state index in [2.05, 4.69) is 0 Å². The number of aliphatic hydroxyl groups excluding tert-OH is 1. The van der Waals surface area contributed by atoms with Crippen LogP contribution in [0.3, 0.4) is 0 Å². The molecular weight excluding hydrogens is 729 g/mol. The van der Waals surface area contributed by atoms with E-state index >= 15 is 4.39 Å². The molecule has 0 radical (unpaired) electrons. The number of aliphatic hydroxyl groups is 2. The summed E-state index contributed by atoms with van der Waals surface area (Å²) < 4.78 is 79.0. The first-order valence-electron chi connectivity index (χ1n) is 19.4. The number of halogens is 1. The number of fused-ring (bicyclic) bond motifs is 4. The number of hydrogen-bond donors (Lipinski definition) is 2. The van der Waals surface area contributed by atoms with Crippen molar-refractivity contribution in [1.82, 2.24) is 4.90 Å². The van der Waals surface area contributed by atoms with E-state index < -0.39 is 132 Å². The minimum Gasteiger partial charge on any atom is -0.458 e. The Morgan fingerprint density at radius 1 is 0.982 bits per heavy atom. The molecule has 17 heteroatoms. The molecule has 2 N–H and O–H groups in total. The molecule has 2 bridgehead atoms. The summed E-state index contributed by atoms with van der Waals surface area (Å²) in [4.78, 5) is 41.5. The quantitative estimate of drug-likeness (QED) is 0.293. The monoisotopic (exact) mass is 789 g/mol. The molecule has 6 aliphatic heterocycles. The lowest BCUT2D eigenvalue weighted by Crippen LogP contribution is -2.61. The van der Waals surface area contributed by atoms with E-state index in [-0.39, 0.29) is 18.9 Å². The summed E-state index contributed by atoms with van der Waals surface area (Å²) in [5.41, 5.74) is -6.93. The van der Waals surface area contributed by atoms with Crippen LogP contribution in [-0.2, 0) is 52.2 Å². The smallest absolute Gasteiger partial charge is 0.458 e. The highest BCUT2D eigenvalue weighted by Gasteiger charge is 2.72. The van der Waals surface area contributed by atoms with Crippen molar-refractivity contribution < 1.29 is 76.4 Å². The maximum absolute atomic E-state index is 17.4. The normalized spacial score (nSPS) is 53.1. The highest BCUT2D eigenvalue weighted by atomic mass is 19.1. The van der Waals surface area contributed by atoms with Crippen molar-refractivity contribution in [2.75, 3.05) is 14.2 Å². The van der Waals surface area contributed by atoms with E-state index in [9.17, 15) is 24.6 Å². The van der Waals surface area contributed by atoms with Gasteiger partial charge in [-0.15, -0.1) is 0 Å². The molecule has 6 heterocycles.